The number of rotatable bonds is 11. The molecule has 39 heavy (non-hydrogen) atoms. The Morgan fingerprint density at radius 1 is 0.897 bits per heavy atom. The van der Waals surface area contributed by atoms with Crippen molar-refractivity contribution in [3.63, 3.8) is 0 Å². The average molecular weight is 631 g/mol. The smallest absolute Gasteiger partial charge is 0.264 e. The molecule has 208 valence electrons. The predicted molar refractivity (Wildman–Crippen MR) is 157 cm³/mol. The van der Waals surface area contributed by atoms with Gasteiger partial charge in [-0.3, -0.25) is 13.9 Å². The molecule has 0 radical (unpaired) electrons. The molecule has 0 aliphatic rings. The molecule has 0 fully saturated rings. The molecule has 3 rings (SSSR count). The van der Waals surface area contributed by atoms with Crippen LogP contribution >= 0.6 is 46.4 Å². The zero-order valence-electron chi connectivity index (χ0n) is 21.2. The number of halogens is 4. The second-order valence-electron chi connectivity index (χ2n) is 8.67. The summed E-state index contributed by atoms with van der Waals surface area (Å²) in [4.78, 5) is 28.0. The molecule has 0 bridgehead atoms. The number of carbonyl (C=O) groups is 2. The minimum Gasteiger partial charge on any atom is -0.354 e. The first kappa shape index (κ1) is 31.0. The Kier molecular flexibility index (Phi) is 10.9. The van der Waals surface area contributed by atoms with Crippen molar-refractivity contribution in [2.75, 3.05) is 17.4 Å². The average Bonchev–Trinajstić information content (AvgIpc) is 2.89. The molecule has 3 aromatic carbocycles. The number of benzene rings is 3. The molecular formula is C27H27Cl4N3O4S. The lowest BCUT2D eigenvalue weighted by atomic mass is 10.1. The zero-order valence-corrected chi connectivity index (χ0v) is 25.0. The molecule has 0 spiro atoms. The van der Waals surface area contributed by atoms with Crippen LogP contribution in [0.5, 0.6) is 0 Å². The van der Waals surface area contributed by atoms with Crippen LogP contribution in [0.2, 0.25) is 20.1 Å². The third-order valence-corrected chi connectivity index (χ3v) is 8.71. The van der Waals surface area contributed by atoms with Gasteiger partial charge >= 0.3 is 0 Å². The highest BCUT2D eigenvalue weighted by molar-refractivity contribution is 7.92. The number of carbonyl (C=O) groups excluding carboxylic acids is 2. The Hall–Kier alpha value is -2.49. The molecule has 0 aliphatic carbocycles. The zero-order chi connectivity index (χ0) is 28.7. The van der Waals surface area contributed by atoms with Gasteiger partial charge in [0, 0.05) is 33.2 Å². The van der Waals surface area contributed by atoms with Gasteiger partial charge in [0.25, 0.3) is 10.0 Å². The maximum Gasteiger partial charge on any atom is 0.264 e. The number of hydrogen-bond donors (Lipinski definition) is 1. The van der Waals surface area contributed by atoms with Crippen molar-refractivity contribution in [3.8, 4) is 0 Å². The van der Waals surface area contributed by atoms with Crippen molar-refractivity contribution >= 4 is 73.9 Å². The van der Waals surface area contributed by atoms with Gasteiger partial charge in [-0.15, -0.1) is 0 Å². The van der Waals surface area contributed by atoms with Crippen LogP contribution in [0.25, 0.3) is 0 Å². The van der Waals surface area contributed by atoms with Crippen LogP contribution in [0.15, 0.2) is 71.6 Å². The van der Waals surface area contributed by atoms with Crippen LogP contribution in [0.3, 0.4) is 0 Å². The number of sulfonamides is 1. The van der Waals surface area contributed by atoms with E-state index in [1.165, 1.54) is 47.4 Å². The number of anilines is 1. The van der Waals surface area contributed by atoms with Gasteiger partial charge in [-0.1, -0.05) is 65.5 Å². The second-order valence-corrected chi connectivity index (χ2v) is 12.2. The van der Waals surface area contributed by atoms with E-state index in [0.717, 1.165) is 4.31 Å². The molecule has 1 N–H and O–H groups in total. The second kappa shape index (κ2) is 13.7. The molecule has 3 aromatic rings. The summed E-state index contributed by atoms with van der Waals surface area (Å²) < 4.78 is 28.5. The monoisotopic (exact) mass is 629 g/mol. The van der Waals surface area contributed by atoms with Crippen molar-refractivity contribution in [3.05, 3.63) is 92.4 Å². The Morgan fingerprint density at radius 3 is 2.15 bits per heavy atom. The van der Waals surface area contributed by atoms with Gasteiger partial charge in [-0.05, 0) is 73.5 Å². The molecule has 0 aromatic heterocycles. The molecular weight excluding hydrogens is 604 g/mol. The lowest BCUT2D eigenvalue weighted by molar-refractivity contribution is -0.139. The molecule has 1 unspecified atom stereocenters. The molecule has 0 saturated heterocycles. The molecule has 0 aliphatic heterocycles. The van der Waals surface area contributed by atoms with E-state index in [4.69, 9.17) is 46.4 Å². The van der Waals surface area contributed by atoms with Crippen LogP contribution in [0.4, 0.5) is 5.69 Å². The molecule has 0 heterocycles. The number of nitrogens with zero attached hydrogens (tertiary/aromatic N) is 2. The third-order valence-electron chi connectivity index (χ3n) is 5.85. The van der Waals surface area contributed by atoms with Gasteiger partial charge in [0.05, 0.1) is 10.6 Å². The summed E-state index contributed by atoms with van der Waals surface area (Å²) in [5.41, 5.74) is 0.720. The van der Waals surface area contributed by atoms with E-state index in [9.17, 15) is 18.0 Å². The molecule has 12 heteroatoms. The van der Waals surface area contributed by atoms with Gasteiger partial charge < -0.3 is 10.2 Å². The van der Waals surface area contributed by atoms with Crippen LogP contribution in [0.1, 0.15) is 25.8 Å². The topological polar surface area (TPSA) is 86.8 Å². The lowest BCUT2D eigenvalue weighted by Gasteiger charge is -2.32. The molecule has 1 atom stereocenters. The minimum absolute atomic E-state index is 0.0556. The highest BCUT2D eigenvalue weighted by Crippen LogP contribution is 2.28. The van der Waals surface area contributed by atoms with Crippen LogP contribution in [-0.2, 0) is 26.2 Å². The summed E-state index contributed by atoms with van der Waals surface area (Å²) in [5.74, 6) is -1.01. The van der Waals surface area contributed by atoms with E-state index in [2.05, 4.69) is 5.32 Å². The Balaban J connectivity index is 2.04. The van der Waals surface area contributed by atoms with Gasteiger partial charge in [0.2, 0.25) is 11.8 Å². The molecule has 2 amide bonds. The molecule has 0 saturated carbocycles. The van der Waals surface area contributed by atoms with Crippen molar-refractivity contribution in [2.45, 2.75) is 37.8 Å². The van der Waals surface area contributed by atoms with E-state index < -0.39 is 28.5 Å². The van der Waals surface area contributed by atoms with E-state index in [0.29, 0.717) is 33.6 Å². The summed E-state index contributed by atoms with van der Waals surface area (Å²) >= 11 is 24.5. The first-order valence-electron chi connectivity index (χ1n) is 12.0. The van der Waals surface area contributed by atoms with E-state index in [1.54, 1.807) is 31.2 Å². The van der Waals surface area contributed by atoms with Gasteiger partial charge in [-0.25, -0.2) is 8.42 Å². The summed E-state index contributed by atoms with van der Waals surface area (Å²) in [7, 11) is -4.24. The van der Waals surface area contributed by atoms with Crippen molar-refractivity contribution in [1.82, 2.24) is 10.2 Å². The summed E-state index contributed by atoms with van der Waals surface area (Å²) in [6, 6.07) is 15.6. The fourth-order valence-corrected chi connectivity index (χ4v) is 5.89. The van der Waals surface area contributed by atoms with Crippen molar-refractivity contribution in [2.24, 2.45) is 0 Å². The largest absolute Gasteiger partial charge is 0.354 e. The van der Waals surface area contributed by atoms with Crippen molar-refractivity contribution < 1.29 is 18.0 Å². The van der Waals surface area contributed by atoms with E-state index in [-0.39, 0.29) is 28.1 Å². The van der Waals surface area contributed by atoms with Crippen molar-refractivity contribution in [1.29, 1.82) is 0 Å². The third kappa shape index (κ3) is 8.02. The Morgan fingerprint density at radius 2 is 1.54 bits per heavy atom. The summed E-state index contributed by atoms with van der Waals surface area (Å²) in [5, 5.41) is 4.15. The maximum absolute atomic E-state index is 13.9. The summed E-state index contributed by atoms with van der Waals surface area (Å²) in [6.07, 6.45) is 0.706. The first-order chi connectivity index (χ1) is 18.4. The Labute approximate surface area is 248 Å². The lowest BCUT2D eigenvalue weighted by Crippen LogP contribution is -2.51. The fraction of sp³-hybridized carbons (Fsp3) is 0.259. The normalized spacial score (nSPS) is 12.1. The van der Waals surface area contributed by atoms with Crippen LogP contribution < -0.4 is 9.62 Å². The predicted octanol–water partition coefficient (Wildman–Crippen LogP) is 6.44. The van der Waals surface area contributed by atoms with Gasteiger partial charge in [0.1, 0.15) is 12.6 Å². The van der Waals surface area contributed by atoms with Gasteiger partial charge in [0.15, 0.2) is 0 Å². The van der Waals surface area contributed by atoms with E-state index in [1.807, 2.05) is 6.92 Å². The van der Waals surface area contributed by atoms with E-state index >= 15 is 0 Å². The molecule has 7 nitrogen and oxygen atoms in total. The number of amides is 2. The quantitative estimate of drug-likeness (QED) is 0.264. The van der Waals surface area contributed by atoms with Crippen LogP contribution in [-0.4, -0.2) is 44.3 Å². The number of hydrogen-bond acceptors (Lipinski definition) is 4. The standard InChI is InChI=1S/C27H27Cl4N3O4S/c1-3-13-32-27(36)18(2)33(16-19-7-8-22(30)15-25(19)31)26(35)17-34(23-6-4-5-21(29)14-23)39(37,38)24-11-9-20(28)10-12-24/h4-12,14-15,18H,3,13,16-17H2,1-2H3,(H,32,36). The Bertz CT molecular complexity index is 1440. The summed E-state index contributed by atoms with van der Waals surface area (Å²) in [6.45, 7) is 3.24. The maximum atomic E-state index is 13.9. The number of nitrogens with one attached hydrogen (secondary N) is 1. The van der Waals surface area contributed by atoms with Crippen LogP contribution in [0, 0.1) is 0 Å². The highest BCUT2D eigenvalue weighted by atomic mass is 35.5. The van der Waals surface area contributed by atoms with Gasteiger partial charge in [-0.2, -0.15) is 0 Å². The minimum atomic E-state index is -4.24. The first-order valence-corrected chi connectivity index (χ1v) is 14.9. The SMILES string of the molecule is CCCNC(=O)C(C)N(Cc1ccc(Cl)cc1Cl)C(=O)CN(c1cccc(Cl)c1)S(=O)(=O)c1ccc(Cl)cc1. The highest BCUT2D eigenvalue weighted by Gasteiger charge is 2.32. The fourth-order valence-electron chi connectivity index (χ4n) is 3.71.